The molecule has 1 unspecified atom stereocenters. The molecule has 0 aliphatic rings. The van der Waals surface area contributed by atoms with Crippen molar-refractivity contribution in [2.75, 3.05) is 6.54 Å². The molecule has 0 saturated carbocycles. The second kappa shape index (κ2) is 5.94. The number of nitrogens with zero attached hydrogens (tertiary/aromatic N) is 1. The average Bonchev–Trinajstić information content (AvgIpc) is 2.85. The van der Waals surface area contributed by atoms with Crippen LogP contribution in [0.3, 0.4) is 0 Å². The Morgan fingerprint density at radius 2 is 2.18 bits per heavy atom. The van der Waals surface area contributed by atoms with E-state index in [1.807, 2.05) is 11.7 Å². The van der Waals surface area contributed by atoms with Crippen LogP contribution in [0.1, 0.15) is 35.4 Å². The van der Waals surface area contributed by atoms with Gasteiger partial charge >= 0.3 is 0 Å². The lowest BCUT2D eigenvalue weighted by molar-refractivity contribution is 0.603. The molecule has 0 bridgehead atoms. The van der Waals surface area contributed by atoms with E-state index in [1.54, 1.807) is 11.3 Å². The molecule has 0 saturated heterocycles. The third kappa shape index (κ3) is 2.93. The summed E-state index contributed by atoms with van der Waals surface area (Å²) in [5.41, 5.74) is 4.58. The van der Waals surface area contributed by atoms with Crippen LogP contribution in [-0.2, 0) is 0 Å². The highest BCUT2D eigenvalue weighted by Gasteiger charge is 2.16. The minimum absolute atomic E-state index is 0.281. The Labute approximate surface area is 107 Å². The van der Waals surface area contributed by atoms with E-state index in [-0.39, 0.29) is 6.04 Å². The van der Waals surface area contributed by atoms with Crippen LogP contribution in [0, 0.1) is 6.92 Å². The minimum atomic E-state index is 0.281. The van der Waals surface area contributed by atoms with E-state index in [2.05, 4.69) is 48.4 Å². The van der Waals surface area contributed by atoms with Crippen molar-refractivity contribution in [1.82, 2.24) is 10.3 Å². The van der Waals surface area contributed by atoms with E-state index >= 15 is 0 Å². The summed E-state index contributed by atoms with van der Waals surface area (Å²) in [4.78, 5) is 5.47. The number of aryl methyl sites for hydroxylation is 1. The lowest BCUT2D eigenvalue weighted by Crippen LogP contribution is -2.23. The number of nitrogens with one attached hydrogen (secondary N) is 1. The van der Waals surface area contributed by atoms with Gasteiger partial charge < -0.3 is 5.32 Å². The fourth-order valence-electron chi connectivity index (χ4n) is 1.93. The van der Waals surface area contributed by atoms with E-state index in [0.29, 0.717) is 0 Å². The van der Waals surface area contributed by atoms with Crippen molar-refractivity contribution in [3.8, 4) is 0 Å². The van der Waals surface area contributed by atoms with Crippen LogP contribution >= 0.6 is 11.3 Å². The summed E-state index contributed by atoms with van der Waals surface area (Å²) in [5, 5.41) is 3.60. The first-order valence-electron chi connectivity index (χ1n) is 6.00. The number of benzene rings is 1. The van der Waals surface area contributed by atoms with Gasteiger partial charge in [-0.25, -0.2) is 0 Å². The predicted molar refractivity (Wildman–Crippen MR) is 73.4 cm³/mol. The van der Waals surface area contributed by atoms with Crippen LogP contribution in [0.5, 0.6) is 0 Å². The zero-order valence-corrected chi connectivity index (χ0v) is 11.1. The molecule has 1 N–H and O–H groups in total. The van der Waals surface area contributed by atoms with E-state index in [9.17, 15) is 0 Å². The number of rotatable bonds is 5. The Morgan fingerprint density at radius 3 is 2.82 bits per heavy atom. The Hall–Kier alpha value is -1.19. The minimum Gasteiger partial charge on any atom is -0.306 e. The SMILES string of the molecule is CCCNC(c1cncs1)c1ccccc1C. The third-order valence-corrected chi connectivity index (χ3v) is 3.67. The molecule has 2 nitrogen and oxygen atoms in total. The first kappa shape index (κ1) is 12.3. The molecule has 90 valence electrons. The molecule has 0 amide bonds. The Balaban J connectivity index is 2.30. The molecule has 17 heavy (non-hydrogen) atoms. The van der Waals surface area contributed by atoms with E-state index in [1.165, 1.54) is 16.0 Å². The van der Waals surface area contributed by atoms with Crippen molar-refractivity contribution in [3.05, 3.63) is 52.0 Å². The lowest BCUT2D eigenvalue weighted by atomic mass is 10.0. The van der Waals surface area contributed by atoms with Gasteiger partial charge in [0.15, 0.2) is 0 Å². The molecular weight excluding hydrogens is 228 g/mol. The molecule has 0 spiro atoms. The van der Waals surface area contributed by atoms with Crippen LogP contribution in [0.15, 0.2) is 36.0 Å². The van der Waals surface area contributed by atoms with Gasteiger partial charge in [-0.1, -0.05) is 31.2 Å². The van der Waals surface area contributed by atoms with Gasteiger partial charge in [-0.2, -0.15) is 0 Å². The maximum absolute atomic E-state index is 4.18. The molecule has 1 aromatic carbocycles. The summed E-state index contributed by atoms with van der Waals surface area (Å²) in [6.45, 7) is 5.38. The fourth-order valence-corrected chi connectivity index (χ4v) is 2.64. The molecule has 3 heteroatoms. The largest absolute Gasteiger partial charge is 0.306 e. The highest BCUT2D eigenvalue weighted by Crippen LogP contribution is 2.27. The zero-order chi connectivity index (χ0) is 12.1. The monoisotopic (exact) mass is 246 g/mol. The average molecular weight is 246 g/mol. The van der Waals surface area contributed by atoms with Crippen LogP contribution in [-0.4, -0.2) is 11.5 Å². The van der Waals surface area contributed by atoms with Crippen molar-refractivity contribution in [3.63, 3.8) is 0 Å². The molecule has 0 aliphatic heterocycles. The molecule has 0 fully saturated rings. The Kier molecular flexibility index (Phi) is 4.29. The maximum atomic E-state index is 4.18. The second-order valence-electron chi connectivity index (χ2n) is 4.15. The molecule has 1 heterocycles. The van der Waals surface area contributed by atoms with Gasteiger partial charge in [-0.15, -0.1) is 11.3 Å². The van der Waals surface area contributed by atoms with Crippen LogP contribution in [0.2, 0.25) is 0 Å². The lowest BCUT2D eigenvalue weighted by Gasteiger charge is -2.19. The van der Waals surface area contributed by atoms with Crippen LogP contribution < -0.4 is 5.32 Å². The fraction of sp³-hybridized carbons (Fsp3) is 0.357. The predicted octanol–water partition coefficient (Wildman–Crippen LogP) is 3.54. The smallest absolute Gasteiger partial charge is 0.0794 e. The van der Waals surface area contributed by atoms with Crippen molar-refractivity contribution in [2.45, 2.75) is 26.3 Å². The molecular formula is C14H18N2S. The van der Waals surface area contributed by atoms with E-state index in [4.69, 9.17) is 0 Å². The molecule has 2 aromatic rings. The number of hydrogen-bond acceptors (Lipinski definition) is 3. The van der Waals surface area contributed by atoms with Gasteiger partial charge in [0, 0.05) is 11.1 Å². The van der Waals surface area contributed by atoms with E-state index in [0.717, 1.165) is 13.0 Å². The number of aromatic nitrogens is 1. The highest BCUT2D eigenvalue weighted by atomic mass is 32.1. The third-order valence-electron chi connectivity index (χ3n) is 2.83. The summed E-state index contributed by atoms with van der Waals surface area (Å²) in [6, 6.07) is 8.83. The standard InChI is InChI=1S/C14H18N2S/c1-3-8-16-14(13-9-15-10-17-13)12-7-5-4-6-11(12)2/h4-7,9-10,14,16H,3,8H2,1-2H3. The zero-order valence-electron chi connectivity index (χ0n) is 10.3. The van der Waals surface area contributed by atoms with Gasteiger partial charge in [0.1, 0.15) is 0 Å². The Bertz CT molecular complexity index is 451. The molecule has 0 aliphatic carbocycles. The molecule has 2 rings (SSSR count). The van der Waals surface area contributed by atoms with Crippen LogP contribution in [0.25, 0.3) is 0 Å². The van der Waals surface area contributed by atoms with Crippen molar-refractivity contribution in [1.29, 1.82) is 0 Å². The molecule has 1 atom stereocenters. The van der Waals surface area contributed by atoms with Gasteiger partial charge in [-0.05, 0) is 31.0 Å². The Morgan fingerprint density at radius 1 is 1.35 bits per heavy atom. The van der Waals surface area contributed by atoms with Gasteiger partial charge in [0.2, 0.25) is 0 Å². The normalized spacial score (nSPS) is 12.6. The van der Waals surface area contributed by atoms with Crippen molar-refractivity contribution in [2.24, 2.45) is 0 Å². The maximum Gasteiger partial charge on any atom is 0.0794 e. The van der Waals surface area contributed by atoms with Crippen molar-refractivity contribution >= 4 is 11.3 Å². The number of hydrogen-bond donors (Lipinski definition) is 1. The first-order valence-corrected chi connectivity index (χ1v) is 6.88. The quantitative estimate of drug-likeness (QED) is 0.873. The first-order chi connectivity index (χ1) is 8.33. The van der Waals surface area contributed by atoms with E-state index < -0.39 is 0 Å². The summed E-state index contributed by atoms with van der Waals surface area (Å²) in [6.07, 6.45) is 3.10. The summed E-state index contributed by atoms with van der Waals surface area (Å²) in [7, 11) is 0. The summed E-state index contributed by atoms with van der Waals surface area (Å²) >= 11 is 1.71. The summed E-state index contributed by atoms with van der Waals surface area (Å²) < 4.78 is 0. The van der Waals surface area contributed by atoms with Gasteiger partial charge in [0.05, 0.1) is 11.6 Å². The second-order valence-corrected chi connectivity index (χ2v) is 5.07. The molecule has 0 radical (unpaired) electrons. The number of thiazole rings is 1. The van der Waals surface area contributed by atoms with Gasteiger partial charge in [0.25, 0.3) is 0 Å². The molecule has 1 aromatic heterocycles. The van der Waals surface area contributed by atoms with Gasteiger partial charge in [-0.3, -0.25) is 4.98 Å². The van der Waals surface area contributed by atoms with Crippen molar-refractivity contribution < 1.29 is 0 Å². The topological polar surface area (TPSA) is 24.9 Å². The summed E-state index contributed by atoms with van der Waals surface area (Å²) in [5.74, 6) is 0. The highest BCUT2D eigenvalue weighted by molar-refractivity contribution is 7.09. The van der Waals surface area contributed by atoms with Crippen LogP contribution in [0.4, 0.5) is 0 Å².